The number of rotatable bonds is 1. The van der Waals surface area contributed by atoms with E-state index < -0.39 is 10.4 Å². The lowest BCUT2D eigenvalue weighted by Crippen LogP contribution is -1.89. The molecule has 0 heterocycles. The van der Waals surface area contributed by atoms with Crippen molar-refractivity contribution < 1.29 is 22.7 Å². The van der Waals surface area contributed by atoms with E-state index in [2.05, 4.69) is 11.2 Å². The maximum absolute atomic E-state index is 8.74. The zero-order valence-electron chi connectivity index (χ0n) is 8.53. The van der Waals surface area contributed by atoms with Crippen molar-refractivity contribution in [3.63, 3.8) is 0 Å². The monoisotopic (exact) mass is 253 g/mol. The number of nitrogens with one attached hydrogen (secondary N) is 1. The molecule has 0 fully saturated rings. The molecule has 9 heteroatoms. The predicted octanol–water partition coefficient (Wildman–Crippen LogP) is -0.00800. The molecule has 0 unspecified atom stereocenters. The highest BCUT2D eigenvalue weighted by atomic mass is 32.3. The van der Waals surface area contributed by atoms with Gasteiger partial charge in [-0.2, -0.15) is 8.42 Å². The van der Waals surface area contributed by atoms with Crippen LogP contribution in [0.5, 0.6) is 0 Å². The maximum atomic E-state index is 8.74. The fraction of sp³-hybridized carbons (Fsp3) is 0.143. The van der Waals surface area contributed by atoms with E-state index in [-0.39, 0.29) is 0 Å². The third kappa shape index (κ3) is 15.1. The molecular weight excluding hydrogens is 238 g/mol. The van der Waals surface area contributed by atoms with Gasteiger partial charge in [0, 0.05) is 18.4 Å². The molecule has 0 atom stereocenters. The van der Waals surface area contributed by atoms with E-state index in [0.29, 0.717) is 0 Å². The second-order valence-electron chi connectivity index (χ2n) is 2.32. The molecule has 0 bridgehead atoms. The van der Waals surface area contributed by atoms with Crippen LogP contribution < -0.4 is 16.9 Å². The molecule has 0 saturated carbocycles. The van der Waals surface area contributed by atoms with E-state index in [1.54, 1.807) is 0 Å². The van der Waals surface area contributed by atoms with Crippen molar-refractivity contribution in [1.29, 1.82) is 0 Å². The standard InChI is InChI=1S/C7H10N2.H3NO.H2O4S/c1-9-7-4-2-6(8)3-5-7;1-2;1-5(2,3)4/h2-5,9H,8H2,1H3;2H,1H2;(H2,1,2,3,4). The summed E-state index contributed by atoms with van der Waals surface area (Å²) in [5.74, 6) is 3.50. The first-order valence-corrected chi connectivity index (χ1v) is 5.21. The van der Waals surface area contributed by atoms with Crippen molar-refractivity contribution in [2.24, 2.45) is 5.90 Å². The van der Waals surface area contributed by atoms with Crippen LogP contribution in [0.4, 0.5) is 11.4 Å². The molecule has 94 valence electrons. The Hall–Kier alpha value is -1.39. The second-order valence-corrected chi connectivity index (χ2v) is 3.22. The molecule has 1 aromatic rings. The van der Waals surface area contributed by atoms with Gasteiger partial charge in [-0.05, 0) is 24.3 Å². The van der Waals surface area contributed by atoms with Gasteiger partial charge < -0.3 is 16.3 Å². The number of nitrogens with two attached hydrogens (primary N) is 2. The van der Waals surface area contributed by atoms with Gasteiger partial charge in [-0.15, -0.1) is 0 Å². The van der Waals surface area contributed by atoms with E-state index in [4.69, 9.17) is 28.5 Å². The zero-order chi connectivity index (χ0) is 13.2. The van der Waals surface area contributed by atoms with Gasteiger partial charge in [0.2, 0.25) is 0 Å². The zero-order valence-corrected chi connectivity index (χ0v) is 9.35. The Morgan fingerprint density at radius 2 is 1.44 bits per heavy atom. The summed E-state index contributed by atoms with van der Waals surface area (Å²) in [5, 5.41) is 9.50. The summed E-state index contributed by atoms with van der Waals surface area (Å²) in [6.07, 6.45) is 0. The van der Waals surface area contributed by atoms with Gasteiger partial charge in [0.1, 0.15) is 0 Å². The lowest BCUT2D eigenvalue weighted by molar-refractivity contribution is 0.311. The minimum absolute atomic E-state index is 0.800. The molecule has 0 spiro atoms. The lowest BCUT2D eigenvalue weighted by Gasteiger charge is -1.97. The molecular formula is C7H15N3O5S. The van der Waals surface area contributed by atoms with Crippen LogP contribution in [0.3, 0.4) is 0 Å². The van der Waals surface area contributed by atoms with E-state index in [1.165, 1.54) is 0 Å². The molecule has 0 aliphatic heterocycles. The highest BCUT2D eigenvalue weighted by Crippen LogP contribution is 2.08. The van der Waals surface area contributed by atoms with Gasteiger partial charge in [0.25, 0.3) is 0 Å². The van der Waals surface area contributed by atoms with Gasteiger partial charge in [-0.25, -0.2) is 5.90 Å². The second kappa shape index (κ2) is 8.88. The number of benzene rings is 1. The normalized spacial score (nSPS) is 9.06. The Morgan fingerprint density at radius 1 is 1.12 bits per heavy atom. The number of nitrogen functional groups attached to an aromatic ring is 1. The van der Waals surface area contributed by atoms with Gasteiger partial charge in [-0.3, -0.25) is 9.11 Å². The first kappa shape index (κ1) is 17.0. The summed E-state index contributed by atoms with van der Waals surface area (Å²) in [6.45, 7) is 0. The number of anilines is 2. The van der Waals surface area contributed by atoms with Crippen molar-refractivity contribution in [2.45, 2.75) is 0 Å². The molecule has 0 radical (unpaired) electrons. The Labute approximate surface area is 93.4 Å². The lowest BCUT2D eigenvalue weighted by atomic mass is 10.3. The molecule has 1 rings (SSSR count). The largest absolute Gasteiger partial charge is 0.399 e. The summed E-state index contributed by atoms with van der Waals surface area (Å²) in [4.78, 5) is 0. The molecule has 16 heavy (non-hydrogen) atoms. The molecule has 8 nitrogen and oxygen atoms in total. The molecule has 8 N–H and O–H groups in total. The maximum Gasteiger partial charge on any atom is 0.394 e. The topological polar surface area (TPSA) is 159 Å². The average Bonchev–Trinajstić information content (AvgIpc) is 2.20. The van der Waals surface area contributed by atoms with E-state index in [9.17, 15) is 0 Å². The van der Waals surface area contributed by atoms with Crippen molar-refractivity contribution in [1.82, 2.24) is 0 Å². The highest BCUT2D eigenvalue weighted by molar-refractivity contribution is 7.79. The Balaban J connectivity index is 0. The highest BCUT2D eigenvalue weighted by Gasteiger charge is 1.85. The van der Waals surface area contributed by atoms with Crippen LogP contribution in [0.15, 0.2) is 24.3 Å². The Morgan fingerprint density at radius 3 is 1.69 bits per heavy atom. The molecule has 1 aromatic carbocycles. The van der Waals surface area contributed by atoms with Crippen LogP contribution >= 0.6 is 0 Å². The van der Waals surface area contributed by atoms with Crippen LogP contribution in [0, 0.1) is 0 Å². The molecule has 0 aliphatic rings. The fourth-order valence-corrected chi connectivity index (χ4v) is 0.650. The van der Waals surface area contributed by atoms with Gasteiger partial charge in [0.05, 0.1) is 0 Å². The van der Waals surface area contributed by atoms with Crippen LogP contribution in [0.2, 0.25) is 0 Å². The summed E-state index contributed by atoms with van der Waals surface area (Å²) in [7, 11) is -2.79. The number of hydrogen-bond acceptors (Lipinski definition) is 6. The van der Waals surface area contributed by atoms with Gasteiger partial charge >= 0.3 is 10.4 Å². The smallest absolute Gasteiger partial charge is 0.394 e. The molecule has 0 aromatic heterocycles. The van der Waals surface area contributed by atoms with E-state index >= 15 is 0 Å². The predicted molar refractivity (Wildman–Crippen MR) is 60.6 cm³/mol. The average molecular weight is 253 g/mol. The third-order valence-corrected chi connectivity index (χ3v) is 1.20. The molecule has 0 aliphatic carbocycles. The van der Waals surface area contributed by atoms with Crippen LogP contribution in [-0.4, -0.2) is 29.8 Å². The third-order valence-electron chi connectivity index (χ3n) is 1.20. The first-order valence-electron chi connectivity index (χ1n) is 3.82. The molecule has 0 saturated heterocycles. The van der Waals surface area contributed by atoms with Crippen molar-refractivity contribution in [3.8, 4) is 0 Å². The summed E-state index contributed by atoms with van der Waals surface area (Å²) in [5.41, 5.74) is 7.34. The van der Waals surface area contributed by atoms with Crippen molar-refractivity contribution in [2.75, 3.05) is 18.1 Å². The van der Waals surface area contributed by atoms with Gasteiger partial charge in [0.15, 0.2) is 0 Å². The minimum atomic E-state index is -4.67. The minimum Gasteiger partial charge on any atom is -0.399 e. The summed E-state index contributed by atoms with van der Waals surface area (Å²) in [6, 6.07) is 7.61. The Kier molecular flexibility index (Phi) is 9.45. The van der Waals surface area contributed by atoms with Crippen molar-refractivity contribution >= 4 is 21.8 Å². The van der Waals surface area contributed by atoms with Gasteiger partial charge in [-0.1, -0.05) is 0 Å². The summed E-state index contributed by atoms with van der Waals surface area (Å²) >= 11 is 0. The Bertz CT molecular complexity index is 356. The van der Waals surface area contributed by atoms with Crippen molar-refractivity contribution in [3.05, 3.63) is 24.3 Å². The van der Waals surface area contributed by atoms with Crippen LogP contribution in [0.1, 0.15) is 0 Å². The van der Waals surface area contributed by atoms with E-state index in [0.717, 1.165) is 11.4 Å². The molecule has 0 amide bonds. The quantitative estimate of drug-likeness (QED) is 0.231. The number of hydrogen-bond donors (Lipinski definition) is 6. The first-order chi connectivity index (χ1) is 7.33. The van der Waals surface area contributed by atoms with Crippen LogP contribution in [-0.2, 0) is 10.4 Å². The summed E-state index contributed by atoms with van der Waals surface area (Å²) < 4.78 is 31.6. The fourth-order valence-electron chi connectivity index (χ4n) is 0.650. The van der Waals surface area contributed by atoms with Crippen LogP contribution in [0.25, 0.3) is 0 Å². The SMILES string of the molecule is CNc1ccc(N)cc1.NO.O=S(=O)(O)O. The van der Waals surface area contributed by atoms with E-state index in [1.807, 2.05) is 31.3 Å².